The first-order chi connectivity index (χ1) is 9.34. The summed E-state index contributed by atoms with van der Waals surface area (Å²) in [7, 11) is 0. The normalized spacial score (nSPS) is 25.4. The van der Waals surface area contributed by atoms with Gasteiger partial charge in [0.05, 0.1) is 28.0 Å². The Morgan fingerprint density at radius 3 is 2.85 bits per heavy atom. The molecular formula is C12H14BrN3O4. The van der Waals surface area contributed by atoms with Crippen LogP contribution in [-0.4, -0.2) is 30.1 Å². The van der Waals surface area contributed by atoms with E-state index in [2.05, 4.69) is 21.2 Å². The first-order valence-electron chi connectivity index (χ1n) is 5.93. The zero-order valence-electron chi connectivity index (χ0n) is 10.8. The Morgan fingerprint density at radius 1 is 1.65 bits per heavy atom. The number of nitro benzene ring substituents is 1. The average Bonchev–Trinajstić information content (AvgIpc) is 2.70. The largest absolute Gasteiger partial charge is 0.379 e. The lowest BCUT2D eigenvalue weighted by Crippen LogP contribution is -2.47. The van der Waals surface area contributed by atoms with Crippen LogP contribution in [0.25, 0.3) is 0 Å². The second kappa shape index (κ2) is 5.47. The zero-order valence-corrected chi connectivity index (χ0v) is 12.3. The van der Waals surface area contributed by atoms with Crippen LogP contribution in [0.4, 0.5) is 11.4 Å². The van der Waals surface area contributed by atoms with E-state index < -0.39 is 10.3 Å². The van der Waals surface area contributed by atoms with Crippen molar-refractivity contribution in [2.24, 2.45) is 11.1 Å². The van der Waals surface area contributed by atoms with Gasteiger partial charge in [0.25, 0.3) is 5.69 Å². The molecule has 2 rings (SSSR count). The highest BCUT2D eigenvalue weighted by molar-refractivity contribution is 9.10. The van der Waals surface area contributed by atoms with Crippen molar-refractivity contribution in [2.45, 2.75) is 13.0 Å². The molecule has 108 valence electrons. The topological polar surface area (TPSA) is 107 Å². The Labute approximate surface area is 123 Å². The fourth-order valence-electron chi connectivity index (χ4n) is 1.93. The maximum Gasteiger partial charge on any atom is 0.283 e. The standard InChI is InChI=1S/C12H14BrN3O4/c1-12(6-20-5-10(12)14)11(17)15-7-2-3-9(16(18)19)8(13)4-7/h2-4,10H,5-6,14H2,1H3,(H,15,17). The van der Waals surface area contributed by atoms with Crippen molar-refractivity contribution in [1.82, 2.24) is 0 Å². The molecule has 0 bridgehead atoms. The zero-order chi connectivity index (χ0) is 14.9. The van der Waals surface area contributed by atoms with Crippen LogP contribution in [0.1, 0.15) is 6.92 Å². The SMILES string of the molecule is CC1(C(=O)Nc2ccc([N+](=O)[O-])c(Br)c2)COCC1N. The molecule has 1 fully saturated rings. The first-order valence-corrected chi connectivity index (χ1v) is 6.72. The predicted molar refractivity (Wildman–Crippen MR) is 76.3 cm³/mol. The molecule has 0 radical (unpaired) electrons. The summed E-state index contributed by atoms with van der Waals surface area (Å²) < 4.78 is 5.52. The minimum Gasteiger partial charge on any atom is -0.379 e. The maximum atomic E-state index is 12.3. The van der Waals surface area contributed by atoms with Gasteiger partial charge in [-0.05, 0) is 35.0 Å². The fourth-order valence-corrected chi connectivity index (χ4v) is 2.45. The van der Waals surface area contributed by atoms with Crippen molar-refractivity contribution in [2.75, 3.05) is 18.5 Å². The van der Waals surface area contributed by atoms with Gasteiger partial charge in [0.15, 0.2) is 0 Å². The third kappa shape index (κ3) is 2.67. The molecule has 1 heterocycles. The summed E-state index contributed by atoms with van der Waals surface area (Å²) in [5, 5.41) is 13.4. The lowest BCUT2D eigenvalue weighted by atomic mass is 9.85. The smallest absolute Gasteiger partial charge is 0.283 e. The highest BCUT2D eigenvalue weighted by atomic mass is 79.9. The number of ether oxygens (including phenoxy) is 1. The van der Waals surface area contributed by atoms with Crippen LogP contribution < -0.4 is 11.1 Å². The molecule has 7 nitrogen and oxygen atoms in total. The molecule has 0 aromatic heterocycles. The molecule has 1 amide bonds. The van der Waals surface area contributed by atoms with Gasteiger partial charge in [-0.2, -0.15) is 0 Å². The van der Waals surface area contributed by atoms with Crippen LogP contribution >= 0.6 is 15.9 Å². The first kappa shape index (κ1) is 14.9. The maximum absolute atomic E-state index is 12.3. The second-order valence-electron chi connectivity index (χ2n) is 4.92. The predicted octanol–water partition coefficient (Wildman–Crippen LogP) is 1.66. The van der Waals surface area contributed by atoms with Gasteiger partial charge in [0, 0.05) is 17.8 Å². The lowest BCUT2D eigenvalue weighted by molar-refractivity contribution is -0.385. The Hall–Kier alpha value is -1.51. The second-order valence-corrected chi connectivity index (χ2v) is 5.77. The fraction of sp³-hybridized carbons (Fsp3) is 0.417. The van der Waals surface area contributed by atoms with E-state index in [1.54, 1.807) is 6.92 Å². The number of nitrogens with one attached hydrogen (secondary N) is 1. The molecule has 20 heavy (non-hydrogen) atoms. The number of amides is 1. The summed E-state index contributed by atoms with van der Waals surface area (Å²) in [6, 6.07) is 3.92. The van der Waals surface area contributed by atoms with Crippen LogP contribution in [0, 0.1) is 15.5 Å². The highest BCUT2D eigenvalue weighted by Gasteiger charge is 2.44. The van der Waals surface area contributed by atoms with E-state index in [-0.39, 0.29) is 24.2 Å². The van der Waals surface area contributed by atoms with E-state index in [1.165, 1.54) is 18.2 Å². The van der Waals surface area contributed by atoms with Crippen LogP contribution in [0.2, 0.25) is 0 Å². The number of halogens is 1. The molecule has 0 saturated carbocycles. The van der Waals surface area contributed by atoms with Gasteiger partial charge in [-0.25, -0.2) is 0 Å². The molecule has 0 spiro atoms. The number of nitrogens with zero attached hydrogens (tertiary/aromatic N) is 1. The van der Waals surface area contributed by atoms with Crippen LogP contribution in [0.3, 0.4) is 0 Å². The summed E-state index contributed by atoms with van der Waals surface area (Å²) >= 11 is 3.10. The number of nitro groups is 1. The van der Waals surface area contributed by atoms with Crippen molar-refractivity contribution in [3.05, 3.63) is 32.8 Å². The molecule has 1 aliphatic rings. The van der Waals surface area contributed by atoms with Gasteiger partial charge in [0.2, 0.25) is 5.91 Å². The van der Waals surface area contributed by atoms with Crippen LogP contribution in [0.5, 0.6) is 0 Å². The number of nitrogens with two attached hydrogens (primary N) is 1. The van der Waals surface area contributed by atoms with Crippen molar-refractivity contribution in [3.8, 4) is 0 Å². The van der Waals surface area contributed by atoms with E-state index in [4.69, 9.17) is 10.5 Å². The molecule has 2 unspecified atom stereocenters. The number of anilines is 1. The number of rotatable bonds is 3. The van der Waals surface area contributed by atoms with E-state index in [0.717, 1.165) is 0 Å². The summed E-state index contributed by atoms with van der Waals surface area (Å²) in [6.07, 6.45) is 0. The minimum atomic E-state index is -0.797. The van der Waals surface area contributed by atoms with Crippen LogP contribution in [-0.2, 0) is 9.53 Å². The van der Waals surface area contributed by atoms with E-state index in [9.17, 15) is 14.9 Å². The molecule has 1 saturated heterocycles. The molecule has 1 aromatic rings. The Kier molecular flexibility index (Phi) is 4.07. The monoisotopic (exact) mass is 343 g/mol. The quantitative estimate of drug-likeness (QED) is 0.640. The number of hydrogen-bond acceptors (Lipinski definition) is 5. The molecule has 0 aliphatic carbocycles. The van der Waals surface area contributed by atoms with Gasteiger partial charge in [-0.15, -0.1) is 0 Å². The average molecular weight is 344 g/mol. The molecule has 3 N–H and O–H groups in total. The Bertz CT molecular complexity index is 566. The summed E-state index contributed by atoms with van der Waals surface area (Å²) in [5.74, 6) is -0.261. The van der Waals surface area contributed by atoms with Crippen molar-refractivity contribution < 1.29 is 14.5 Å². The van der Waals surface area contributed by atoms with E-state index in [1.807, 2.05) is 0 Å². The minimum absolute atomic E-state index is 0.0601. The number of carbonyl (C=O) groups excluding carboxylic acids is 1. The highest BCUT2D eigenvalue weighted by Crippen LogP contribution is 2.31. The number of benzene rings is 1. The van der Waals surface area contributed by atoms with Gasteiger partial charge >= 0.3 is 0 Å². The lowest BCUT2D eigenvalue weighted by Gasteiger charge is -2.25. The van der Waals surface area contributed by atoms with Crippen molar-refractivity contribution in [3.63, 3.8) is 0 Å². The summed E-state index contributed by atoms with van der Waals surface area (Å²) in [5.41, 5.74) is 5.49. The van der Waals surface area contributed by atoms with Gasteiger partial charge < -0.3 is 15.8 Å². The molecule has 2 atom stereocenters. The van der Waals surface area contributed by atoms with E-state index >= 15 is 0 Å². The summed E-state index contributed by atoms with van der Waals surface area (Å²) in [6.45, 7) is 2.34. The molecular weight excluding hydrogens is 330 g/mol. The van der Waals surface area contributed by atoms with Crippen LogP contribution in [0.15, 0.2) is 22.7 Å². The van der Waals surface area contributed by atoms with Gasteiger partial charge in [-0.3, -0.25) is 14.9 Å². The van der Waals surface area contributed by atoms with E-state index in [0.29, 0.717) is 16.8 Å². The number of hydrogen-bond donors (Lipinski definition) is 2. The summed E-state index contributed by atoms with van der Waals surface area (Å²) in [4.78, 5) is 22.5. The van der Waals surface area contributed by atoms with Gasteiger partial charge in [-0.1, -0.05) is 0 Å². The third-order valence-corrected chi connectivity index (χ3v) is 4.07. The molecule has 1 aliphatic heterocycles. The number of carbonyl (C=O) groups is 1. The third-order valence-electron chi connectivity index (χ3n) is 3.44. The molecule has 1 aromatic carbocycles. The van der Waals surface area contributed by atoms with Crippen molar-refractivity contribution >= 4 is 33.2 Å². The van der Waals surface area contributed by atoms with Gasteiger partial charge in [0.1, 0.15) is 0 Å². The Balaban J connectivity index is 2.16. The van der Waals surface area contributed by atoms with Crippen molar-refractivity contribution in [1.29, 1.82) is 0 Å². The Morgan fingerprint density at radius 2 is 2.35 bits per heavy atom. The molecule has 8 heteroatoms.